The average Bonchev–Trinajstić information content (AvgIpc) is 3.14. The maximum absolute atomic E-state index is 10.7. The number of thiophene rings is 1. The summed E-state index contributed by atoms with van der Waals surface area (Å²) in [6, 6.07) is 9.87. The van der Waals surface area contributed by atoms with Crippen LogP contribution in [0, 0.1) is 0 Å². The van der Waals surface area contributed by atoms with Crippen molar-refractivity contribution in [1.82, 2.24) is 0 Å². The van der Waals surface area contributed by atoms with Crippen LogP contribution in [0.25, 0.3) is 21.8 Å². The van der Waals surface area contributed by atoms with E-state index >= 15 is 0 Å². The molecule has 5 heteroatoms. The first-order valence-corrected chi connectivity index (χ1v) is 8.69. The third-order valence-electron chi connectivity index (χ3n) is 3.60. The van der Waals surface area contributed by atoms with Crippen LogP contribution in [0.4, 0.5) is 5.88 Å². The Morgan fingerprint density at radius 3 is 2.73 bits per heavy atom. The number of hydrogen-bond donors (Lipinski definition) is 2. The molecule has 0 aliphatic rings. The molecule has 2 aromatic heterocycles. The molecule has 0 spiro atoms. The number of nitrogens with one attached hydrogen (secondary N) is 1. The normalized spacial score (nSPS) is 10.9. The number of anilines is 1. The van der Waals surface area contributed by atoms with Crippen LogP contribution in [0.15, 0.2) is 44.6 Å². The van der Waals surface area contributed by atoms with Gasteiger partial charge in [0.05, 0.1) is 10.4 Å². The van der Waals surface area contributed by atoms with Gasteiger partial charge in [-0.1, -0.05) is 41.1 Å². The Bertz CT molecular complexity index is 793. The van der Waals surface area contributed by atoms with E-state index in [1.165, 1.54) is 0 Å². The van der Waals surface area contributed by atoms with Gasteiger partial charge < -0.3 is 14.8 Å². The Hall–Kier alpha value is -1.72. The topological polar surface area (TPSA) is 45.4 Å². The second-order valence-corrected chi connectivity index (χ2v) is 6.63. The molecule has 1 aromatic carbocycles. The quantitative estimate of drug-likeness (QED) is 0.608. The minimum Gasteiger partial charge on any atom is -0.504 e. The second kappa shape index (κ2) is 6.18. The Morgan fingerprint density at radius 1 is 1.27 bits per heavy atom. The van der Waals surface area contributed by atoms with Crippen molar-refractivity contribution >= 4 is 33.2 Å². The molecular weight excluding hydrogens is 362 g/mol. The summed E-state index contributed by atoms with van der Waals surface area (Å²) < 4.78 is 6.90. The third-order valence-corrected chi connectivity index (χ3v) is 5.21. The van der Waals surface area contributed by atoms with Crippen molar-refractivity contribution in [3.05, 3.63) is 45.7 Å². The van der Waals surface area contributed by atoms with Gasteiger partial charge in [0.2, 0.25) is 5.88 Å². The Labute approximate surface area is 141 Å². The van der Waals surface area contributed by atoms with Crippen LogP contribution in [0.2, 0.25) is 0 Å². The van der Waals surface area contributed by atoms with Gasteiger partial charge in [0.1, 0.15) is 0 Å². The van der Waals surface area contributed by atoms with Crippen molar-refractivity contribution in [3.8, 4) is 27.5 Å². The summed E-state index contributed by atoms with van der Waals surface area (Å²) >= 11 is 5.13. The predicted molar refractivity (Wildman–Crippen MR) is 95.7 cm³/mol. The van der Waals surface area contributed by atoms with E-state index in [2.05, 4.69) is 28.2 Å². The minimum absolute atomic E-state index is 0.180. The zero-order valence-electron chi connectivity index (χ0n) is 12.3. The Balaban J connectivity index is 2.26. The van der Waals surface area contributed by atoms with Crippen LogP contribution in [-0.4, -0.2) is 12.2 Å². The highest BCUT2D eigenvalue weighted by molar-refractivity contribution is 9.10. The lowest BCUT2D eigenvalue weighted by Crippen LogP contribution is -1.93. The number of hydrogen-bond acceptors (Lipinski definition) is 4. The van der Waals surface area contributed by atoms with Crippen molar-refractivity contribution < 1.29 is 9.52 Å². The largest absolute Gasteiger partial charge is 0.504 e. The van der Waals surface area contributed by atoms with Crippen LogP contribution < -0.4 is 5.32 Å². The summed E-state index contributed by atoms with van der Waals surface area (Å²) in [5.41, 5.74) is 2.84. The van der Waals surface area contributed by atoms with Crippen molar-refractivity contribution in [2.75, 3.05) is 12.4 Å². The highest BCUT2D eigenvalue weighted by atomic mass is 79.9. The number of halogens is 1. The molecule has 0 saturated heterocycles. The summed E-state index contributed by atoms with van der Waals surface area (Å²) in [6.45, 7) is 2.10. The van der Waals surface area contributed by atoms with Crippen LogP contribution in [0.5, 0.6) is 5.75 Å². The SMILES string of the molecule is CCc1c(Br)cccc1-c1c(NC)oc(-c2cccs2)c1O. The second-order valence-electron chi connectivity index (χ2n) is 4.83. The highest BCUT2D eigenvalue weighted by Crippen LogP contribution is 2.48. The molecule has 0 fully saturated rings. The van der Waals surface area contributed by atoms with Crippen molar-refractivity contribution in [1.29, 1.82) is 0 Å². The first-order valence-electron chi connectivity index (χ1n) is 7.02. The molecule has 0 unspecified atom stereocenters. The monoisotopic (exact) mass is 377 g/mol. The van der Waals surface area contributed by atoms with E-state index in [4.69, 9.17) is 4.42 Å². The lowest BCUT2D eigenvalue weighted by Gasteiger charge is -2.10. The zero-order chi connectivity index (χ0) is 15.7. The van der Waals surface area contributed by atoms with E-state index in [0.29, 0.717) is 17.2 Å². The van der Waals surface area contributed by atoms with E-state index < -0.39 is 0 Å². The van der Waals surface area contributed by atoms with Gasteiger partial charge in [-0.3, -0.25) is 0 Å². The molecule has 114 valence electrons. The van der Waals surface area contributed by atoms with E-state index in [0.717, 1.165) is 26.9 Å². The summed E-state index contributed by atoms with van der Waals surface area (Å²) in [6.07, 6.45) is 0.860. The molecule has 0 aliphatic heterocycles. The third kappa shape index (κ3) is 2.44. The Kier molecular flexibility index (Phi) is 4.27. The van der Waals surface area contributed by atoms with Gasteiger partial charge in [-0.15, -0.1) is 11.3 Å². The smallest absolute Gasteiger partial charge is 0.205 e. The maximum atomic E-state index is 10.7. The maximum Gasteiger partial charge on any atom is 0.205 e. The van der Waals surface area contributed by atoms with E-state index in [1.54, 1.807) is 18.4 Å². The molecule has 2 N–H and O–H groups in total. The van der Waals surface area contributed by atoms with Crippen LogP contribution in [0.3, 0.4) is 0 Å². The summed E-state index contributed by atoms with van der Waals surface area (Å²) in [5.74, 6) is 1.27. The molecule has 0 saturated carbocycles. The molecule has 0 bridgehead atoms. The molecule has 0 aliphatic carbocycles. The minimum atomic E-state index is 0.180. The summed E-state index contributed by atoms with van der Waals surface area (Å²) in [7, 11) is 1.80. The molecule has 22 heavy (non-hydrogen) atoms. The fourth-order valence-corrected chi connectivity index (χ4v) is 3.93. The standard InChI is InChI=1S/C17H16BrNO2S/c1-3-10-11(6-4-7-12(10)18)14-15(20)16(21-17(14)19-2)13-8-5-9-22-13/h4-9,19-20H,3H2,1-2H3. The Morgan fingerprint density at radius 2 is 2.09 bits per heavy atom. The highest BCUT2D eigenvalue weighted by Gasteiger charge is 2.24. The average molecular weight is 378 g/mol. The lowest BCUT2D eigenvalue weighted by molar-refractivity contribution is 0.467. The first kappa shape index (κ1) is 15.2. The number of furan rings is 1. The van der Waals surface area contributed by atoms with Crippen molar-refractivity contribution in [3.63, 3.8) is 0 Å². The van der Waals surface area contributed by atoms with Gasteiger partial charge in [-0.2, -0.15) is 0 Å². The molecule has 0 radical (unpaired) electrons. The van der Waals surface area contributed by atoms with Crippen LogP contribution >= 0.6 is 27.3 Å². The van der Waals surface area contributed by atoms with Crippen molar-refractivity contribution in [2.45, 2.75) is 13.3 Å². The molecule has 3 aromatic rings. The van der Waals surface area contributed by atoms with E-state index in [9.17, 15) is 5.11 Å². The van der Waals surface area contributed by atoms with E-state index in [-0.39, 0.29) is 5.75 Å². The zero-order valence-corrected chi connectivity index (χ0v) is 14.7. The molecule has 0 amide bonds. The number of rotatable bonds is 4. The van der Waals surface area contributed by atoms with Gasteiger partial charge in [0.15, 0.2) is 11.5 Å². The fraction of sp³-hybridized carbons (Fsp3) is 0.176. The lowest BCUT2D eigenvalue weighted by atomic mass is 9.98. The van der Waals surface area contributed by atoms with Gasteiger partial charge in [0, 0.05) is 11.5 Å². The molecule has 2 heterocycles. The van der Waals surface area contributed by atoms with Crippen molar-refractivity contribution in [2.24, 2.45) is 0 Å². The molecule has 0 atom stereocenters. The summed E-state index contributed by atoms with van der Waals surface area (Å²) in [4.78, 5) is 0.910. The number of aromatic hydroxyl groups is 1. The van der Waals surface area contributed by atoms with Gasteiger partial charge in [-0.25, -0.2) is 0 Å². The molecule has 3 nitrogen and oxygen atoms in total. The summed E-state index contributed by atoms with van der Waals surface area (Å²) in [5, 5.41) is 15.7. The van der Waals surface area contributed by atoms with Gasteiger partial charge in [-0.05, 0) is 35.1 Å². The van der Waals surface area contributed by atoms with Crippen LogP contribution in [-0.2, 0) is 6.42 Å². The van der Waals surface area contributed by atoms with E-state index in [1.807, 2.05) is 35.7 Å². The number of benzene rings is 1. The fourth-order valence-electron chi connectivity index (χ4n) is 2.58. The van der Waals surface area contributed by atoms with Gasteiger partial charge in [0.25, 0.3) is 0 Å². The predicted octanol–water partition coefficient (Wildman–Crippen LogP) is 5.75. The first-order chi connectivity index (χ1) is 10.7. The van der Waals surface area contributed by atoms with Gasteiger partial charge >= 0.3 is 0 Å². The molecule has 3 rings (SSSR count). The molecular formula is C17H16BrNO2S. The van der Waals surface area contributed by atoms with Crippen LogP contribution in [0.1, 0.15) is 12.5 Å².